The molecule has 0 radical (unpaired) electrons. The standard InChI is InChI=1S/C39H59NO5/c1-3-4-5-6-7-8-9-10-11-12-13-17-26-44-31-38(43)45-39-36(29-35(22-25-41)37(39)27-32(2)42)28-33-20-23-40(24-21-33)30-34-18-15-14-16-19-34/h14-16,18-19,22,27,33,41-42H,2-13,17,20-21,23-26,28-31H2,1H3/b35-22-,37-27+. The summed E-state index contributed by atoms with van der Waals surface area (Å²) in [4.78, 5) is 15.4. The monoisotopic (exact) mass is 621 g/mol. The van der Waals surface area contributed by atoms with Crippen molar-refractivity contribution in [1.29, 1.82) is 0 Å². The molecule has 0 aromatic heterocycles. The summed E-state index contributed by atoms with van der Waals surface area (Å²) in [6, 6.07) is 10.6. The van der Waals surface area contributed by atoms with Gasteiger partial charge in [0.15, 0.2) is 0 Å². The van der Waals surface area contributed by atoms with Gasteiger partial charge in [-0.15, -0.1) is 0 Å². The van der Waals surface area contributed by atoms with Gasteiger partial charge in [-0.1, -0.05) is 121 Å². The van der Waals surface area contributed by atoms with Gasteiger partial charge in [-0.2, -0.15) is 0 Å². The van der Waals surface area contributed by atoms with Crippen LogP contribution < -0.4 is 0 Å². The molecule has 0 unspecified atom stereocenters. The Morgan fingerprint density at radius 1 is 0.956 bits per heavy atom. The fourth-order valence-electron chi connectivity index (χ4n) is 6.53. The minimum Gasteiger partial charge on any atom is -0.509 e. The Hall–Kier alpha value is -2.67. The number of likely N-dealkylation sites (tertiary alicyclic amines) is 1. The van der Waals surface area contributed by atoms with Gasteiger partial charge < -0.3 is 19.7 Å². The minimum absolute atomic E-state index is 0.0981. The van der Waals surface area contributed by atoms with E-state index in [-0.39, 0.29) is 19.0 Å². The van der Waals surface area contributed by atoms with Gasteiger partial charge >= 0.3 is 5.97 Å². The first kappa shape index (κ1) is 36.8. The normalized spacial score (nSPS) is 17.9. The highest BCUT2D eigenvalue weighted by Gasteiger charge is 2.31. The molecule has 45 heavy (non-hydrogen) atoms. The largest absolute Gasteiger partial charge is 0.509 e. The van der Waals surface area contributed by atoms with Crippen LogP contribution in [0.3, 0.4) is 0 Å². The molecule has 1 aromatic rings. The maximum Gasteiger partial charge on any atom is 0.337 e. The van der Waals surface area contributed by atoms with E-state index in [2.05, 4.69) is 48.7 Å². The number of esters is 1. The smallest absolute Gasteiger partial charge is 0.337 e. The third-order valence-electron chi connectivity index (χ3n) is 9.03. The van der Waals surface area contributed by atoms with Crippen molar-refractivity contribution < 1.29 is 24.5 Å². The summed E-state index contributed by atoms with van der Waals surface area (Å²) >= 11 is 0. The van der Waals surface area contributed by atoms with Crippen LogP contribution in [-0.4, -0.2) is 54.0 Å². The predicted octanol–water partition coefficient (Wildman–Crippen LogP) is 9.12. The van der Waals surface area contributed by atoms with Crippen molar-refractivity contribution in [3.05, 3.63) is 82.9 Å². The van der Waals surface area contributed by atoms with Crippen molar-refractivity contribution in [3.63, 3.8) is 0 Å². The molecule has 1 heterocycles. The summed E-state index contributed by atoms with van der Waals surface area (Å²) in [5.74, 6) is 0.435. The van der Waals surface area contributed by atoms with E-state index in [4.69, 9.17) is 9.47 Å². The van der Waals surface area contributed by atoms with Crippen molar-refractivity contribution in [2.45, 2.75) is 116 Å². The first-order chi connectivity index (χ1) is 22.0. The molecule has 250 valence electrons. The number of hydrogen-bond acceptors (Lipinski definition) is 6. The Labute approximate surface area is 272 Å². The number of benzene rings is 1. The molecule has 3 rings (SSSR count). The molecule has 6 heteroatoms. The van der Waals surface area contributed by atoms with E-state index >= 15 is 0 Å². The highest BCUT2D eigenvalue weighted by Crippen LogP contribution is 2.41. The summed E-state index contributed by atoms with van der Waals surface area (Å²) in [7, 11) is 0. The van der Waals surface area contributed by atoms with Crippen LogP contribution in [0.1, 0.15) is 115 Å². The average Bonchev–Trinajstić information content (AvgIpc) is 3.32. The summed E-state index contributed by atoms with van der Waals surface area (Å²) in [5.41, 5.74) is 3.85. The van der Waals surface area contributed by atoms with Crippen LogP contribution >= 0.6 is 0 Å². The zero-order valence-corrected chi connectivity index (χ0v) is 27.9. The van der Waals surface area contributed by atoms with Crippen LogP contribution in [0, 0.1) is 5.92 Å². The molecule has 1 fully saturated rings. The third-order valence-corrected chi connectivity index (χ3v) is 9.03. The molecular weight excluding hydrogens is 562 g/mol. The van der Waals surface area contributed by atoms with Crippen LogP contribution in [0.25, 0.3) is 0 Å². The quantitative estimate of drug-likeness (QED) is 0.0764. The molecule has 0 saturated carbocycles. The van der Waals surface area contributed by atoms with E-state index in [1.165, 1.54) is 75.8 Å². The van der Waals surface area contributed by atoms with E-state index in [1.807, 2.05) is 0 Å². The fraction of sp³-hybridized carbons (Fsp3) is 0.615. The van der Waals surface area contributed by atoms with Gasteiger partial charge in [-0.3, -0.25) is 4.90 Å². The van der Waals surface area contributed by atoms with Gasteiger partial charge in [0.25, 0.3) is 0 Å². The maximum absolute atomic E-state index is 12.9. The Morgan fingerprint density at radius 3 is 2.18 bits per heavy atom. The highest BCUT2D eigenvalue weighted by atomic mass is 16.6. The lowest BCUT2D eigenvalue weighted by Crippen LogP contribution is -2.33. The number of unbranched alkanes of at least 4 members (excludes halogenated alkanes) is 11. The van der Waals surface area contributed by atoms with Crippen LogP contribution in [-0.2, 0) is 20.8 Å². The second-order valence-corrected chi connectivity index (χ2v) is 12.9. The zero-order chi connectivity index (χ0) is 32.1. The average molecular weight is 622 g/mol. The van der Waals surface area contributed by atoms with Gasteiger partial charge in [-0.05, 0) is 73.9 Å². The highest BCUT2D eigenvalue weighted by molar-refractivity contribution is 5.74. The number of aliphatic hydroxyl groups excluding tert-OH is 2. The van der Waals surface area contributed by atoms with E-state index in [0.29, 0.717) is 30.3 Å². The van der Waals surface area contributed by atoms with E-state index in [0.717, 1.165) is 62.9 Å². The number of nitrogens with zero attached hydrogens (tertiary/aromatic N) is 1. The molecule has 0 amide bonds. The minimum atomic E-state index is -0.432. The predicted molar refractivity (Wildman–Crippen MR) is 184 cm³/mol. The molecule has 1 saturated heterocycles. The van der Waals surface area contributed by atoms with Gasteiger partial charge in [0.2, 0.25) is 0 Å². The molecule has 6 nitrogen and oxygen atoms in total. The van der Waals surface area contributed by atoms with E-state index < -0.39 is 5.97 Å². The van der Waals surface area contributed by atoms with Crippen molar-refractivity contribution in [1.82, 2.24) is 4.90 Å². The van der Waals surface area contributed by atoms with Crippen LogP contribution in [0.15, 0.2) is 77.3 Å². The maximum atomic E-state index is 12.9. The molecule has 1 aliphatic carbocycles. The van der Waals surface area contributed by atoms with Crippen LogP contribution in [0.5, 0.6) is 0 Å². The zero-order valence-electron chi connectivity index (χ0n) is 27.9. The number of allylic oxidation sites excluding steroid dienone is 3. The van der Waals surface area contributed by atoms with E-state index in [1.54, 1.807) is 6.08 Å². The van der Waals surface area contributed by atoms with Crippen LogP contribution in [0.4, 0.5) is 0 Å². The molecule has 0 spiro atoms. The van der Waals surface area contributed by atoms with Gasteiger partial charge in [-0.25, -0.2) is 4.79 Å². The topological polar surface area (TPSA) is 79.2 Å². The SMILES string of the molecule is C=C(O)/C=C1/C(OC(=O)COCCCCCCCCCCCCCC)=C(CC2CCN(Cc3ccccc3)CC2)C/C1=C/CO. The molecule has 1 aliphatic heterocycles. The number of aliphatic hydroxyl groups is 2. The van der Waals surface area contributed by atoms with Gasteiger partial charge in [0.1, 0.15) is 18.1 Å². The molecule has 2 aliphatic rings. The summed E-state index contributed by atoms with van der Waals surface area (Å²) < 4.78 is 11.6. The summed E-state index contributed by atoms with van der Waals surface area (Å²) in [5, 5.41) is 19.7. The van der Waals surface area contributed by atoms with Crippen molar-refractivity contribution >= 4 is 5.97 Å². The second-order valence-electron chi connectivity index (χ2n) is 12.9. The second kappa shape index (κ2) is 22.0. The molecule has 2 N–H and O–H groups in total. The number of hydrogen-bond donors (Lipinski definition) is 2. The Balaban J connectivity index is 1.43. The number of carbonyl (C=O) groups excluding carboxylic acids is 1. The van der Waals surface area contributed by atoms with E-state index in [9.17, 15) is 15.0 Å². The Bertz CT molecular complexity index is 1100. The third kappa shape index (κ3) is 14.5. The number of ether oxygens (including phenoxy) is 2. The van der Waals surface area contributed by atoms with Crippen LogP contribution in [0.2, 0.25) is 0 Å². The van der Waals surface area contributed by atoms with Gasteiger partial charge in [0, 0.05) is 18.7 Å². The molecule has 1 aromatic carbocycles. The van der Waals surface area contributed by atoms with Crippen molar-refractivity contribution in [3.8, 4) is 0 Å². The van der Waals surface area contributed by atoms with Crippen molar-refractivity contribution in [2.24, 2.45) is 5.92 Å². The number of carbonyl (C=O) groups is 1. The lowest BCUT2D eigenvalue weighted by Gasteiger charge is -2.32. The summed E-state index contributed by atoms with van der Waals surface area (Å²) in [6.07, 6.45) is 22.2. The Morgan fingerprint density at radius 2 is 1.58 bits per heavy atom. The number of rotatable bonds is 22. The van der Waals surface area contributed by atoms with Gasteiger partial charge in [0.05, 0.1) is 6.61 Å². The molecule has 0 atom stereocenters. The first-order valence-electron chi connectivity index (χ1n) is 17.7. The lowest BCUT2D eigenvalue weighted by molar-refractivity contribution is -0.144. The molecule has 0 bridgehead atoms. The number of piperidine rings is 1. The first-order valence-corrected chi connectivity index (χ1v) is 17.7. The fourth-order valence-corrected chi connectivity index (χ4v) is 6.53. The lowest BCUT2D eigenvalue weighted by atomic mass is 9.89. The molecular formula is C39H59NO5. The Kier molecular flexibility index (Phi) is 18.0. The van der Waals surface area contributed by atoms with Crippen molar-refractivity contribution in [2.75, 3.05) is 32.9 Å². The summed E-state index contributed by atoms with van der Waals surface area (Å²) in [6.45, 7) is 9.24.